The van der Waals surface area contributed by atoms with Crippen LogP contribution in [0, 0.1) is 0 Å². The normalized spacial score (nSPS) is 21.3. The molecule has 30 heavy (non-hydrogen) atoms. The van der Waals surface area contributed by atoms with Gasteiger partial charge in [0.25, 0.3) is 11.1 Å². The van der Waals surface area contributed by atoms with Crippen LogP contribution in [0.4, 0.5) is 4.79 Å². The van der Waals surface area contributed by atoms with Gasteiger partial charge >= 0.3 is 0 Å². The summed E-state index contributed by atoms with van der Waals surface area (Å²) in [6.45, 7) is 5.32. The molecule has 0 radical (unpaired) electrons. The predicted octanol–water partition coefficient (Wildman–Crippen LogP) is 4.86. The van der Waals surface area contributed by atoms with Gasteiger partial charge in [0, 0.05) is 46.3 Å². The molecule has 1 atom stereocenters. The molecule has 0 saturated carbocycles. The second-order valence-corrected chi connectivity index (χ2v) is 9.64. The lowest BCUT2D eigenvalue weighted by Gasteiger charge is -2.33. The van der Waals surface area contributed by atoms with E-state index in [1.807, 2.05) is 33.9 Å². The Morgan fingerprint density at radius 1 is 1.30 bits per heavy atom. The van der Waals surface area contributed by atoms with E-state index < -0.39 is 0 Å². The SMILES string of the molecule is CCN1C(=O)S/C(=C\c2cn(CC(=O)N3CCCC[C@@H]3C)c3ccc(Br)cc23)C1=O. The van der Waals surface area contributed by atoms with Crippen molar-refractivity contribution in [2.45, 2.75) is 45.7 Å². The average molecular weight is 490 g/mol. The zero-order valence-electron chi connectivity index (χ0n) is 17.1. The summed E-state index contributed by atoms with van der Waals surface area (Å²) >= 11 is 4.47. The van der Waals surface area contributed by atoms with Gasteiger partial charge in [0.2, 0.25) is 5.91 Å². The van der Waals surface area contributed by atoms with Crippen molar-refractivity contribution in [1.82, 2.24) is 14.4 Å². The molecular formula is C22H24BrN3O3S. The first-order valence-electron chi connectivity index (χ1n) is 10.2. The summed E-state index contributed by atoms with van der Waals surface area (Å²) in [7, 11) is 0. The molecule has 158 valence electrons. The third-order valence-electron chi connectivity index (χ3n) is 5.78. The maximum atomic E-state index is 13.0. The number of nitrogens with zero attached hydrogens (tertiary/aromatic N) is 3. The van der Waals surface area contributed by atoms with Gasteiger partial charge in [-0.25, -0.2) is 0 Å². The topological polar surface area (TPSA) is 62.6 Å². The molecule has 4 rings (SSSR count). The zero-order chi connectivity index (χ0) is 21.4. The molecule has 2 saturated heterocycles. The number of likely N-dealkylation sites (tertiary alicyclic amines) is 1. The van der Waals surface area contributed by atoms with Crippen molar-refractivity contribution in [2.75, 3.05) is 13.1 Å². The molecular weight excluding hydrogens is 466 g/mol. The first-order chi connectivity index (χ1) is 14.4. The van der Waals surface area contributed by atoms with Crippen LogP contribution in [0.15, 0.2) is 33.8 Å². The van der Waals surface area contributed by atoms with Crippen molar-refractivity contribution in [2.24, 2.45) is 0 Å². The highest BCUT2D eigenvalue weighted by Gasteiger charge is 2.34. The van der Waals surface area contributed by atoms with E-state index >= 15 is 0 Å². The number of carbonyl (C=O) groups excluding carboxylic acids is 3. The maximum Gasteiger partial charge on any atom is 0.293 e. The fourth-order valence-corrected chi connectivity index (χ4v) is 5.42. The number of aromatic nitrogens is 1. The monoisotopic (exact) mass is 489 g/mol. The van der Waals surface area contributed by atoms with E-state index in [0.717, 1.165) is 52.1 Å². The van der Waals surface area contributed by atoms with E-state index in [1.165, 1.54) is 11.3 Å². The number of halogens is 1. The molecule has 1 aromatic heterocycles. The Hall–Kier alpha value is -2.06. The minimum atomic E-state index is -0.262. The van der Waals surface area contributed by atoms with Crippen LogP contribution in [-0.2, 0) is 16.1 Å². The van der Waals surface area contributed by atoms with Gasteiger partial charge in [-0.1, -0.05) is 15.9 Å². The Balaban J connectivity index is 1.69. The Bertz CT molecular complexity index is 1060. The van der Waals surface area contributed by atoms with Crippen LogP contribution in [0.3, 0.4) is 0 Å². The molecule has 0 unspecified atom stereocenters. The van der Waals surface area contributed by atoms with E-state index in [9.17, 15) is 14.4 Å². The molecule has 8 heteroatoms. The fraction of sp³-hybridized carbons (Fsp3) is 0.409. The number of likely N-dealkylation sites (N-methyl/N-ethyl adjacent to an activating group) is 1. The lowest BCUT2D eigenvalue weighted by Crippen LogP contribution is -2.43. The van der Waals surface area contributed by atoms with E-state index in [2.05, 4.69) is 22.9 Å². The Morgan fingerprint density at radius 2 is 2.10 bits per heavy atom. The number of rotatable bonds is 4. The third kappa shape index (κ3) is 3.95. The van der Waals surface area contributed by atoms with Crippen molar-refractivity contribution < 1.29 is 14.4 Å². The molecule has 1 aromatic carbocycles. The summed E-state index contributed by atoms with van der Waals surface area (Å²) in [6.07, 6.45) is 6.93. The van der Waals surface area contributed by atoms with Crippen molar-refractivity contribution in [3.05, 3.63) is 39.3 Å². The van der Waals surface area contributed by atoms with Crippen LogP contribution in [0.1, 0.15) is 38.7 Å². The number of imide groups is 1. The zero-order valence-corrected chi connectivity index (χ0v) is 19.5. The van der Waals surface area contributed by atoms with Crippen LogP contribution >= 0.6 is 27.7 Å². The minimum absolute atomic E-state index is 0.111. The predicted molar refractivity (Wildman–Crippen MR) is 123 cm³/mol. The molecule has 0 bridgehead atoms. The highest BCUT2D eigenvalue weighted by molar-refractivity contribution is 9.10. The maximum absolute atomic E-state index is 13.0. The van der Waals surface area contributed by atoms with Crippen LogP contribution in [0.2, 0.25) is 0 Å². The summed E-state index contributed by atoms with van der Waals surface area (Å²) in [5, 5.41) is 0.695. The lowest BCUT2D eigenvalue weighted by atomic mass is 10.0. The first kappa shape index (κ1) is 21.2. The van der Waals surface area contributed by atoms with E-state index in [-0.39, 0.29) is 29.6 Å². The number of amides is 3. The summed E-state index contributed by atoms with van der Waals surface area (Å²) in [5.41, 5.74) is 1.75. The van der Waals surface area contributed by atoms with E-state index in [4.69, 9.17) is 0 Å². The molecule has 0 aliphatic carbocycles. The number of benzene rings is 1. The molecule has 6 nitrogen and oxygen atoms in total. The third-order valence-corrected chi connectivity index (χ3v) is 7.18. The molecule has 3 amide bonds. The molecule has 2 aromatic rings. The summed E-state index contributed by atoms with van der Waals surface area (Å²) in [6, 6.07) is 6.17. The van der Waals surface area contributed by atoms with Gasteiger partial charge in [-0.05, 0) is 69.1 Å². The average Bonchev–Trinajstić information content (AvgIpc) is 3.18. The Morgan fingerprint density at radius 3 is 2.80 bits per heavy atom. The number of fused-ring (bicyclic) bond motifs is 1. The van der Waals surface area contributed by atoms with Gasteiger partial charge in [0.15, 0.2) is 0 Å². The molecule has 3 heterocycles. The fourth-order valence-electron chi connectivity index (χ4n) is 4.16. The highest BCUT2D eigenvalue weighted by atomic mass is 79.9. The van der Waals surface area contributed by atoms with Crippen molar-refractivity contribution >= 4 is 61.7 Å². The van der Waals surface area contributed by atoms with Crippen molar-refractivity contribution in [1.29, 1.82) is 0 Å². The second kappa shape index (κ2) is 8.59. The number of piperidine rings is 1. The largest absolute Gasteiger partial charge is 0.338 e. The van der Waals surface area contributed by atoms with Crippen molar-refractivity contribution in [3.8, 4) is 0 Å². The van der Waals surface area contributed by atoms with Gasteiger partial charge in [-0.3, -0.25) is 19.3 Å². The first-order valence-corrected chi connectivity index (χ1v) is 11.8. The number of carbonyl (C=O) groups is 3. The summed E-state index contributed by atoms with van der Waals surface area (Å²) < 4.78 is 2.86. The Labute approximate surface area is 188 Å². The smallest absolute Gasteiger partial charge is 0.293 e. The number of thioether (sulfide) groups is 1. The molecule has 2 aliphatic heterocycles. The van der Waals surface area contributed by atoms with E-state index in [0.29, 0.717) is 11.4 Å². The van der Waals surface area contributed by atoms with Crippen LogP contribution < -0.4 is 0 Å². The van der Waals surface area contributed by atoms with Crippen LogP contribution in [0.5, 0.6) is 0 Å². The molecule has 0 N–H and O–H groups in total. The van der Waals surface area contributed by atoms with Crippen LogP contribution in [-0.4, -0.2) is 50.6 Å². The van der Waals surface area contributed by atoms with Gasteiger partial charge < -0.3 is 9.47 Å². The lowest BCUT2D eigenvalue weighted by molar-refractivity contribution is -0.135. The van der Waals surface area contributed by atoms with Gasteiger partial charge in [0.1, 0.15) is 6.54 Å². The summed E-state index contributed by atoms with van der Waals surface area (Å²) in [5.74, 6) is -0.151. The quantitative estimate of drug-likeness (QED) is 0.575. The van der Waals surface area contributed by atoms with Gasteiger partial charge in [-0.2, -0.15) is 0 Å². The second-order valence-electron chi connectivity index (χ2n) is 7.73. The van der Waals surface area contributed by atoms with Gasteiger partial charge in [0.05, 0.1) is 4.91 Å². The number of hydrogen-bond donors (Lipinski definition) is 0. The van der Waals surface area contributed by atoms with Crippen LogP contribution in [0.25, 0.3) is 17.0 Å². The molecule has 0 spiro atoms. The molecule has 2 aliphatic rings. The highest BCUT2D eigenvalue weighted by Crippen LogP contribution is 2.34. The van der Waals surface area contributed by atoms with E-state index in [1.54, 1.807) is 13.0 Å². The summed E-state index contributed by atoms with van der Waals surface area (Å²) in [4.78, 5) is 41.2. The molecule has 2 fully saturated rings. The van der Waals surface area contributed by atoms with Gasteiger partial charge in [-0.15, -0.1) is 0 Å². The standard InChI is InChI=1S/C22H24BrN3O3S/c1-3-25-21(28)19(30-22(25)29)10-15-12-24(18-8-7-16(23)11-17(15)18)13-20(27)26-9-5-4-6-14(26)2/h7-8,10-12,14H,3-6,9,13H2,1-2H3/b19-10-/t14-/m0/s1. The van der Waals surface area contributed by atoms with Crippen molar-refractivity contribution in [3.63, 3.8) is 0 Å². The minimum Gasteiger partial charge on any atom is -0.338 e. The number of hydrogen-bond acceptors (Lipinski definition) is 4. The Kier molecular flexibility index (Phi) is 6.06.